The predicted octanol–water partition coefficient (Wildman–Crippen LogP) is 2.39. The van der Waals surface area contributed by atoms with Crippen LogP contribution in [0.4, 0.5) is 0 Å². The van der Waals surface area contributed by atoms with Gasteiger partial charge in [-0.1, -0.05) is 18.2 Å². The summed E-state index contributed by atoms with van der Waals surface area (Å²) in [6.07, 6.45) is 5.35. The predicted molar refractivity (Wildman–Crippen MR) is 96.2 cm³/mol. The molecule has 1 N–H and O–H groups in total. The number of benzene rings is 1. The van der Waals surface area contributed by atoms with E-state index in [9.17, 15) is 4.79 Å². The van der Waals surface area contributed by atoms with Crippen molar-refractivity contribution in [2.24, 2.45) is 7.05 Å². The number of carbonyl (C=O) groups excluding carboxylic acids is 1. The van der Waals surface area contributed by atoms with Gasteiger partial charge in [-0.2, -0.15) is 4.34 Å². The van der Waals surface area contributed by atoms with Crippen molar-refractivity contribution in [2.75, 3.05) is 0 Å². The summed E-state index contributed by atoms with van der Waals surface area (Å²) in [5.74, 6) is 0.293. The number of aromatic nitrogens is 2. The number of aryl methyl sites for hydroxylation is 1. The molecule has 0 aliphatic rings. The Bertz CT molecular complexity index is 733. The van der Waals surface area contributed by atoms with Crippen molar-refractivity contribution in [3.8, 4) is 5.75 Å². The zero-order chi connectivity index (χ0) is 17.7. The largest absolute Gasteiger partial charge is 0.462 e. The van der Waals surface area contributed by atoms with E-state index in [4.69, 9.17) is 21.1 Å². The summed E-state index contributed by atoms with van der Waals surface area (Å²) in [4.78, 5) is 12.1. The molecule has 1 aromatic heterocycles. The summed E-state index contributed by atoms with van der Waals surface area (Å²) >= 11 is 5.79. The Hall–Kier alpha value is -1.69. The van der Waals surface area contributed by atoms with Crippen LogP contribution in [0.3, 0.4) is 0 Å². The number of hydrogen-bond acceptors (Lipinski definition) is 4. The second kappa shape index (κ2) is 7.92. The maximum absolute atomic E-state index is 12.1. The molecule has 2 rings (SSSR count). The normalized spacial score (nSPS) is 14.9. The van der Waals surface area contributed by atoms with E-state index in [0.29, 0.717) is 5.75 Å². The lowest BCUT2D eigenvalue weighted by Crippen LogP contribution is -2.45. The van der Waals surface area contributed by atoms with Crippen molar-refractivity contribution in [1.29, 1.82) is 0 Å². The first-order valence-corrected chi connectivity index (χ1v) is 10.3. The summed E-state index contributed by atoms with van der Waals surface area (Å²) in [5.41, 5.74) is 0. The third kappa shape index (κ3) is 4.90. The molecule has 0 spiro atoms. The lowest BCUT2D eigenvalue weighted by molar-refractivity contribution is -0.521. The number of ether oxygens (including phenoxy) is 1. The van der Waals surface area contributed by atoms with Crippen LogP contribution in [0.25, 0.3) is 0 Å². The fourth-order valence-corrected chi connectivity index (χ4v) is 4.83. The molecule has 2 atom stereocenters. The molecule has 0 unspecified atom stereocenters. The van der Waals surface area contributed by atoms with Crippen LogP contribution in [0.1, 0.15) is 20.8 Å². The minimum absolute atomic E-state index is 0.181. The first-order valence-electron chi connectivity index (χ1n) is 7.67. The topological polar surface area (TPSA) is 56.4 Å². The third-order valence-electron chi connectivity index (χ3n) is 3.09. The highest BCUT2D eigenvalue weighted by molar-refractivity contribution is 8.08. The number of nitrogens with zero attached hydrogens (tertiary/aromatic N) is 2. The average molecular weight is 368 g/mol. The zero-order valence-corrected chi connectivity index (χ0v) is 16.0. The van der Waals surface area contributed by atoms with Gasteiger partial charge >= 0.3 is 12.5 Å². The minimum Gasteiger partial charge on any atom is -0.462 e. The summed E-state index contributed by atoms with van der Waals surface area (Å²) in [6.45, 7) is 2.60. The van der Waals surface area contributed by atoms with Crippen molar-refractivity contribution in [3.63, 3.8) is 0 Å². The molecule has 8 heteroatoms. The van der Waals surface area contributed by atoms with Gasteiger partial charge in [0.1, 0.15) is 24.2 Å². The molecule has 0 bridgehead atoms. The molecule has 6 nitrogen and oxygen atoms in total. The Balaban J connectivity index is 2.26. The molecule has 0 saturated carbocycles. The molecule has 24 heavy (non-hydrogen) atoms. The Morgan fingerprint density at radius 1 is 1.29 bits per heavy atom. The number of para-hydroxylation sites is 1. The highest BCUT2D eigenvalue weighted by Crippen LogP contribution is 2.38. The molecule has 1 aromatic carbocycles. The highest BCUT2D eigenvalue weighted by Gasteiger charge is 2.33. The smallest absolute Gasteiger partial charge is 0.367 e. The van der Waals surface area contributed by atoms with Gasteiger partial charge in [0.2, 0.25) is 6.33 Å². The molecule has 2 aromatic rings. The Morgan fingerprint density at radius 3 is 2.50 bits per heavy atom. The second-order valence-electron chi connectivity index (χ2n) is 5.72. The molecule has 0 amide bonds. The van der Waals surface area contributed by atoms with E-state index >= 15 is 0 Å². The maximum atomic E-state index is 12.1. The van der Waals surface area contributed by atoms with Crippen LogP contribution in [-0.2, 0) is 28.4 Å². The Kier molecular flexibility index (Phi) is 6.15. The molecular formula is C16H23N3O3PS+. The van der Waals surface area contributed by atoms with Crippen molar-refractivity contribution in [1.82, 2.24) is 9.65 Å². The van der Waals surface area contributed by atoms with E-state index in [2.05, 4.69) is 5.09 Å². The first-order chi connectivity index (χ1) is 11.3. The number of hydrogen-bond donors (Lipinski definition) is 1. The Morgan fingerprint density at radius 2 is 1.96 bits per heavy atom. The lowest BCUT2D eigenvalue weighted by atomic mass is 10.3. The van der Waals surface area contributed by atoms with Gasteiger partial charge in [-0.15, -0.1) is 0 Å². The number of rotatable bonds is 7. The molecule has 0 aliphatic heterocycles. The van der Waals surface area contributed by atoms with E-state index in [1.807, 2.05) is 74.5 Å². The fourth-order valence-electron chi connectivity index (χ4n) is 1.99. The van der Waals surface area contributed by atoms with E-state index < -0.39 is 12.6 Å². The van der Waals surface area contributed by atoms with Gasteiger partial charge in [-0.25, -0.2) is 9.65 Å². The first kappa shape index (κ1) is 18.6. The van der Waals surface area contributed by atoms with Gasteiger partial charge in [-0.05, 0) is 32.9 Å². The lowest BCUT2D eigenvalue weighted by Gasteiger charge is -2.23. The van der Waals surface area contributed by atoms with Crippen LogP contribution in [-0.4, -0.2) is 22.7 Å². The average Bonchev–Trinajstić information content (AvgIpc) is 2.95. The van der Waals surface area contributed by atoms with Gasteiger partial charge in [-0.3, -0.25) is 4.79 Å². The van der Waals surface area contributed by atoms with Crippen molar-refractivity contribution >= 4 is 24.3 Å². The number of imidazole rings is 1. The van der Waals surface area contributed by atoms with Gasteiger partial charge in [0.15, 0.2) is 0 Å². The molecule has 0 saturated heterocycles. The van der Waals surface area contributed by atoms with Crippen LogP contribution in [0, 0.1) is 0 Å². The zero-order valence-electron chi connectivity index (χ0n) is 14.2. The molecule has 130 valence electrons. The molecule has 1 heterocycles. The van der Waals surface area contributed by atoms with E-state index in [0.717, 1.165) is 0 Å². The molecule has 0 aliphatic carbocycles. The number of carbonyl (C=O) groups is 1. The van der Waals surface area contributed by atoms with Crippen molar-refractivity contribution in [2.45, 2.75) is 32.9 Å². The number of esters is 1. The SMILES string of the molecule is CC(C)OC(=O)[C@H](C)N[P@@](=S)(Oc1ccccc1)[n+]1ccn(C)c1. The summed E-state index contributed by atoms with van der Waals surface area (Å²) in [5, 5.41) is 3.16. The summed E-state index contributed by atoms with van der Waals surface area (Å²) < 4.78 is 15.0. The Labute approximate surface area is 147 Å². The van der Waals surface area contributed by atoms with Crippen LogP contribution in [0.2, 0.25) is 0 Å². The van der Waals surface area contributed by atoms with Crippen LogP contribution in [0.15, 0.2) is 49.1 Å². The van der Waals surface area contributed by atoms with Crippen LogP contribution < -0.4 is 13.9 Å². The maximum Gasteiger partial charge on any atom is 0.367 e. The quantitative estimate of drug-likeness (QED) is 0.601. The van der Waals surface area contributed by atoms with Gasteiger partial charge in [0.05, 0.1) is 13.2 Å². The molecule has 0 fully saturated rings. The molecular weight excluding hydrogens is 345 g/mol. The third-order valence-corrected chi connectivity index (χ3v) is 6.22. The van der Waals surface area contributed by atoms with Crippen molar-refractivity contribution < 1.29 is 18.4 Å². The minimum atomic E-state index is -2.75. The number of nitrogens with one attached hydrogen (secondary N) is 1. The van der Waals surface area contributed by atoms with Crippen molar-refractivity contribution in [3.05, 3.63) is 49.1 Å². The van der Waals surface area contributed by atoms with Crippen LogP contribution >= 0.6 is 6.57 Å². The van der Waals surface area contributed by atoms with Gasteiger partial charge in [0, 0.05) is 11.8 Å². The summed E-state index contributed by atoms with van der Waals surface area (Å²) in [6, 6.07) is 8.74. The monoisotopic (exact) mass is 368 g/mol. The van der Waals surface area contributed by atoms with E-state index in [1.165, 1.54) is 0 Å². The summed E-state index contributed by atoms with van der Waals surface area (Å²) in [7, 11) is 1.90. The second-order valence-corrected chi connectivity index (χ2v) is 9.15. The van der Waals surface area contributed by atoms with Gasteiger partial charge < -0.3 is 9.26 Å². The fraction of sp³-hybridized carbons (Fsp3) is 0.375. The standard InChI is InChI=1S/C16H23N3O3PS/c1-13(2)21-16(20)14(3)17-23(24,19-11-10-18(4)12-19)22-15-8-6-5-7-9-15/h5-14H,1-4H3,(H,17,24)/q+1/t14-,23-/m0/s1. The van der Waals surface area contributed by atoms with E-state index in [-0.39, 0.29) is 12.1 Å². The van der Waals surface area contributed by atoms with Crippen LogP contribution in [0.5, 0.6) is 5.75 Å². The molecule has 0 radical (unpaired) electrons. The van der Waals surface area contributed by atoms with Gasteiger partial charge in [0.25, 0.3) is 0 Å². The van der Waals surface area contributed by atoms with E-state index in [1.54, 1.807) is 11.3 Å². The highest BCUT2D eigenvalue weighted by atomic mass is 32.4.